The predicted molar refractivity (Wildman–Crippen MR) is 118 cm³/mol. The Balaban J connectivity index is 1.92. The van der Waals surface area contributed by atoms with E-state index < -0.39 is 0 Å². The molecule has 0 aromatic heterocycles. The minimum Gasteiger partial charge on any atom is -0.383 e. The summed E-state index contributed by atoms with van der Waals surface area (Å²) in [6.45, 7) is 8.10. The Hall–Kier alpha value is -1.87. The molecule has 2 fully saturated rings. The van der Waals surface area contributed by atoms with Crippen LogP contribution in [0.25, 0.3) is 0 Å². The van der Waals surface area contributed by atoms with Gasteiger partial charge in [-0.25, -0.2) is 0 Å². The van der Waals surface area contributed by atoms with Crippen LogP contribution in [0.2, 0.25) is 0 Å². The molecule has 0 aromatic rings. The average Bonchev–Trinajstić information content (AvgIpc) is 3.21. The Bertz CT molecular complexity index is 581. The first-order valence-electron chi connectivity index (χ1n) is 11.1. The smallest absolute Gasteiger partial charge is 0.234 e. The van der Waals surface area contributed by atoms with Gasteiger partial charge < -0.3 is 25.2 Å². The van der Waals surface area contributed by atoms with Crippen molar-refractivity contribution >= 4 is 17.8 Å². The summed E-state index contributed by atoms with van der Waals surface area (Å²) < 4.78 is 4.96. The third-order valence-corrected chi connectivity index (χ3v) is 5.95. The van der Waals surface area contributed by atoms with Gasteiger partial charge in [-0.1, -0.05) is 12.8 Å². The molecule has 2 rings (SSSR count). The van der Waals surface area contributed by atoms with Crippen molar-refractivity contribution in [1.29, 1.82) is 0 Å². The zero-order valence-electron chi connectivity index (χ0n) is 19.2. The Morgan fingerprint density at radius 2 is 1.77 bits per heavy atom. The second-order valence-corrected chi connectivity index (χ2v) is 8.46. The lowest BCUT2D eigenvalue weighted by molar-refractivity contribution is -0.138. The van der Waals surface area contributed by atoms with Crippen LogP contribution in [0.3, 0.4) is 0 Å². The Morgan fingerprint density at radius 1 is 1.10 bits per heavy atom. The molecule has 1 saturated heterocycles. The van der Waals surface area contributed by atoms with Crippen molar-refractivity contribution in [2.75, 3.05) is 80.2 Å². The van der Waals surface area contributed by atoms with Crippen molar-refractivity contribution in [2.45, 2.75) is 32.6 Å². The minimum atomic E-state index is -0.355. The molecule has 2 N–H and O–H groups in total. The first-order valence-corrected chi connectivity index (χ1v) is 11.1. The van der Waals surface area contributed by atoms with Gasteiger partial charge in [0.25, 0.3) is 0 Å². The second kappa shape index (κ2) is 12.1. The lowest BCUT2D eigenvalue weighted by atomic mass is 9.85. The fourth-order valence-corrected chi connectivity index (χ4v) is 4.29. The summed E-state index contributed by atoms with van der Waals surface area (Å²) >= 11 is 0. The zero-order chi connectivity index (χ0) is 22.0. The summed E-state index contributed by atoms with van der Waals surface area (Å²) in [6, 6.07) is 0. The van der Waals surface area contributed by atoms with E-state index in [1.165, 1.54) is 0 Å². The number of methoxy groups -OCH3 is 1. The number of carbonyl (C=O) groups excluding carboxylic acids is 2. The van der Waals surface area contributed by atoms with Crippen molar-refractivity contribution in [1.82, 2.24) is 25.3 Å². The molecular formula is C21H40N6O3. The van der Waals surface area contributed by atoms with Gasteiger partial charge in [0.05, 0.1) is 25.1 Å². The number of guanidine groups is 1. The van der Waals surface area contributed by atoms with Gasteiger partial charge in [-0.3, -0.25) is 19.5 Å². The minimum absolute atomic E-state index is 0.0337. The number of aliphatic imine (C=N–C) groups is 1. The fourth-order valence-electron chi connectivity index (χ4n) is 4.29. The molecule has 2 aliphatic rings. The number of hydrogen-bond acceptors (Lipinski definition) is 5. The van der Waals surface area contributed by atoms with Gasteiger partial charge in [-0.2, -0.15) is 0 Å². The largest absolute Gasteiger partial charge is 0.383 e. The molecule has 1 saturated carbocycles. The van der Waals surface area contributed by atoms with E-state index in [0.717, 1.165) is 64.4 Å². The highest BCUT2D eigenvalue weighted by Crippen LogP contribution is 2.39. The van der Waals surface area contributed by atoms with Crippen LogP contribution in [0.1, 0.15) is 32.6 Å². The van der Waals surface area contributed by atoms with Gasteiger partial charge >= 0.3 is 0 Å². The third-order valence-electron chi connectivity index (χ3n) is 5.95. The second-order valence-electron chi connectivity index (χ2n) is 8.46. The molecule has 30 heavy (non-hydrogen) atoms. The first kappa shape index (κ1) is 24.4. The maximum Gasteiger partial charge on any atom is 0.234 e. The number of nitrogens with one attached hydrogen (secondary N) is 2. The van der Waals surface area contributed by atoms with E-state index in [-0.39, 0.29) is 17.2 Å². The van der Waals surface area contributed by atoms with E-state index in [1.807, 2.05) is 14.1 Å². The van der Waals surface area contributed by atoms with Gasteiger partial charge in [0.2, 0.25) is 11.8 Å². The molecule has 1 aliphatic carbocycles. The van der Waals surface area contributed by atoms with Crippen LogP contribution in [0.15, 0.2) is 4.99 Å². The van der Waals surface area contributed by atoms with Crippen LogP contribution < -0.4 is 10.6 Å². The van der Waals surface area contributed by atoms with Crippen molar-refractivity contribution in [3.63, 3.8) is 0 Å². The molecular weight excluding hydrogens is 384 g/mol. The van der Waals surface area contributed by atoms with Crippen molar-refractivity contribution in [3.05, 3.63) is 0 Å². The van der Waals surface area contributed by atoms with E-state index in [9.17, 15) is 9.59 Å². The van der Waals surface area contributed by atoms with E-state index in [0.29, 0.717) is 26.2 Å². The summed E-state index contributed by atoms with van der Waals surface area (Å²) in [6.07, 6.45) is 4.02. The van der Waals surface area contributed by atoms with Gasteiger partial charge in [-0.05, 0) is 19.8 Å². The molecule has 9 heteroatoms. The zero-order valence-corrected chi connectivity index (χ0v) is 19.2. The highest BCUT2D eigenvalue weighted by molar-refractivity contribution is 5.84. The normalized spacial score (nSPS) is 19.6. The Labute approximate surface area is 181 Å². The average molecular weight is 425 g/mol. The molecule has 1 heterocycles. The third kappa shape index (κ3) is 6.84. The van der Waals surface area contributed by atoms with Crippen LogP contribution in [-0.4, -0.2) is 113 Å². The molecule has 0 radical (unpaired) electrons. The van der Waals surface area contributed by atoms with Gasteiger partial charge in [0.1, 0.15) is 0 Å². The van der Waals surface area contributed by atoms with Gasteiger partial charge in [0, 0.05) is 60.5 Å². The number of rotatable bonds is 9. The summed E-state index contributed by atoms with van der Waals surface area (Å²) in [5.41, 5.74) is -0.355. The molecule has 0 atom stereocenters. The molecule has 9 nitrogen and oxygen atoms in total. The van der Waals surface area contributed by atoms with Crippen LogP contribution in [-0.2, 0) is 14.3 Å². The molecule has 1 aliphatic heterocycles. The lowest BCUT2D eigenvalue weighted by Gasteiger charge is -2.37. The van der Waals surface area contributed by atoms with Crippen molar-refractivity contribution in [2.24, 2.45) is 10.4 Å². The van der Waals surface area contributed by atoms with Crippen LogP contribution >= 0.6 is 0 Å². The Kier molecular flexibility index (Phi) is 9.84. The number of ether oxygens (including phenoxy) is 1. The molecule has 2 amide bonds. The quantitative estimate of drug-likeness (QED) is 0.307. The highest BCUT2D eigenvalue weighted by Gasteiger charge is 2.42. The van der Waals surface area contributed by atoms with E-state index in [4.69, 9.17) is 9.73 Å². The van der Waals surface area contributed by atoms with Crippen molar-refractivity contribution < 1.29 is 14.3 Å². The highest BCUT2D eigenvalue weighted by atomic mass is 16.5. The van der Waals surface area contributed by atoms with E-state index in [1.54, 1.807) is 12.0 Å². The number of piperazine rings is 1. The van der Waals surface area contributed by atoms with Crippen LogP contribution in [0.4, 0.5) is 0 Å². The number of nitrogens with zero attached hydrogens (tertiary/aromatic N) is 4. The van der Waals surface area contributed by atoms with Crippen LogP contribution in [0, 0.1) is 5.41 Å². The molecule has 0 spiro atoms. The van der Waals surface area contributed by atoms with E-state index in [2.05, 4.69) is 27.4 Å². The maximum atomic E-state index is 12.8. The van der Waals surface area contributed by atoms with Crippen molar-refractivity contribution in [3.8, 4) is 0 Å². The number of hydrogen-bond donors (Lipinski definition) is 2. The monoisotopic (exact) mass is 424 g/mol. The molecule has 0 bridgehead atoms. The molecule has 172 valence electrons. The van der Waals surface area contributed by atoms with Gasteiger partial charge in [0.15, 0.2) is 5.96 Å². The number of carbonyl (C=O) groups is 2. The summed E-state index contributed by atoms with van der Waals surface area (Å²) in [4.78, 5) is 35.9. The maximum absolute atomic E-state index is 12.8. The Morgan fingerprint density at radius 3 is 2.33 bits per heavy atom. The topological polar surface area (TPSA) is 89.5 Å². The predicted octanol–water partition coefficient (Wildman–Crippen LogP) is -0.0193. The fraction of sp³-hybridized carbons (Fsp3) is 0.857. The molecule has 0 unspecified atom stereocenters. The van der Waals surface area contributed by atoms with Crippen LogP contribution in [0.5, 0.6) is 0 Å². The first-order chi connectivity index (χ1) is 14.4. The SMILES string of the molecule is CCNC(=NCC1(C(=O)N(C)C)CCCC1)N1CCN(CC(=O)NCCOC)CC1. The lowest BCUT2D eigenvalue weighted by Crippen LogP contribution is -2.54. The summed E-state index contributed by atoms with van der Waals surface area (Å²) in [7, 11) is 5.30. The molecule has 0 aromatic carbocycles. The summed E-state index contributed by atoms with van der Waals surface area (Å²) in [5, 5.41) is 6.26. The van der Waals surface area contributed by atoms with E-state index >= 15 is 0 Å². The van der Waals surface area contributed by atoms with Gasteiger partial charge in [-0.15, -0.1) is 0 Å². The standard InChI is InChI=1S/C21H40N6O3/c1-5-22-20(24-17-21(8-6-7-9-21)19(29)25(2)3)27-13-11-26(12-14-27)16-18(28)23-10-15-30-4/h5-17H2,1-4H3,(H,22,24)(H,23,28). The summed E-state index contributed by atoms with van der Waals surface area (Å²) in [5.74, 6) is 1.11. The number of amides is 2.